The number of nitrogens with zero attached hydrogens (tertiary/aromatic N) is 3. The molecule has 0 fully saturated rings. The largest absolute Gasteiger partial charge is 0.318 e. The van der Waals surface area contributed by atoms with E-state index in [-0.39, 0.29) is 0 Å². The van der Waals surface area contributed by atoms with Gasteiger partial charge in [0.1, 0.15) is 0 Å². The number of rotatable bonds is 2. The Hall–Kier alpha value is -2.20. The topological polar surface area (TPSA) is 29.6 Å². The third-order valence-corrected chi connectivity index (χ3v) is 4.30. The molecule has 3 aromatic rings. The molecule has 1 aromatic heterocycles. The van der Waals surface area contributed by atoms with Gasteiger partial charge in [0, 0.05) is 7.05 Å². The molecule has 0 radical (unpaired) electrons. The van der Waals surface area contributed by atoms with Crippen molar-refractivity contribution in [1.29, 1.82) is 0 Å². The average molecular weight is 281 g/mol. The molecule has 3 nitrogen and oxygen atoms in total. The van der Waals surface area contributed by atoms with E-state index in [1.807, 2.05) is 56.4 Å². The van der Waals surface area contributed by atoms with Crippen molar-refractivity contribution in [3.8, 4) is 0 Å². The molecule has 20 heavy (non-hydrogen) atoms. The smallest absolute Gasteiger partial charge is 0.211 e. The van der Waals surface area contributed by atoms with Crippen LogP contribution in [0.5, 0.6) is 0 Å². The predicted octanol–water partition coefficient (Wildman–Crippen LogP) is 3.56. The number of thiazole rings is 1. The minimum atomic E-state index is 0.904. The lowest BCUT2D eigenvalue weighted by Crippen LogP contribution is -2.09. The van der Waals surface area contributed by atoms with E-state index in [9.17, 15) is 0 Å². The first-order valence-corrected chi connectivity index (χ1v) is 7.25. The standard InChI is InChI=1S/C16H15N3S/c1-12(13-8-4-3-5-9-13)17-18-16-19(2)14-10-6-7-11-15(14)20-16/h3-11H,1-2H3/b17-12-,18-16-. The first-order chi connectivity index (χ1) is 9.75. The number of fused-ring (bicyclic) bond motifs is 1. The van der Waals surface area contributed by atoms with Gasteiger partial charge in [-0.05, 0) is 24.6 Å². The molecule has 0 aliphatic heterocycles. The first-order valence-electron chi connectivity index (χ1n) is 6.44. The highest BCUT2D eigenvalue weighted by Gasteiger charge is 2.01. The summed E-state index contributed by atoms with van der Waals surface area (Å²) in [5.74, 6) is 0. The van der Waals surface area contributed by atoms with Crippen LogP contribution >= 0.6 is 11.3 Å². The number of hydrogen-bond acceptors (Lipinski definition) is 3. The highest BCUT2D eigenvalue weighted by atomic mass is 32.1. The highest BCUT2D eigenvalue weighted by Crippen LogP contribution is 2.15. The zero-order valence-electron chi connectivity index (χ0n) is 11.4. The average Bonchev–Trinajstić information content (AvgIpc) is 2.83. The zero-order valence-corrected chi connectivity index (χ0v) is 12.3. The molecule has 0 amide bonds. The predicted molar refractivity (Wildman–Crippen MR) is 85.0 cm³/mol. The molecule has 0 saturated heterocycles. The summed E-state index contributed by atoms with van der Waals surface area (Å²) in [5, 5.41) is 8.74. The molecule has 0 N–H and O–H groups in total. The fraction of sp³-hybridized carbons (Fsp3) is 0.125. The number of para-hydroxylation sites is 1. The maximum Gasteiger partial charge on any atom is 0.211 e. The second kappa shape index (κ2) is 5.43. The summed E-state index contributed by atoms with van der Waals surface area (Å²) < 4.78 is 3.29. The van der Waals surface area contributed by atoms with Gasteiger partial charge in [0.25, 0.3) is 0 Å². The Labute approximate surface area is 121 Å². The van der Waals surface area contributed by atoms with Gasteiger partial charge < -0.3 is 4.57 Å². The van der Waals surface area contributed by atoms with E-state index in [0.29, 0.717) is 0 Å². The summed E-state index contributed by atoms with van der Waals surface area (Å²) in [6.07, 6.45) is 0. The summed E-state index contributed by atoms with van der Waals surface area (Å²) in [5.41, 5.74) is 3.20. The van der Waals surface area contributed by atoms with Crippen LogP contribution < -0.4 is 4.80 Å². The maximum atomic E-state index is 4.39. The van der Waals surface area contributed by atoms with Crippen LogP contribution in [0.1, 0.15) is 12.5 Å². The summed E-state index contributed by atoms with van der Waals surface area (Å²) in [6, 6.07) is 18.4. The second-order valence-corrected chi connectivity index (χ2v) is 5.57. The Balaban J connectivity index is 2.05. The quantitative estimate of drug-likeness (QED) is 0.508. The molecular formula is C16H15N3S. The third kappa shape index (κ3) is 2.42. The summed E-state index contributed by atoms with van der Waals surface area (Å²) >= 11 is 1.65. The molecule has 0 saturated carbocycles. The van der Waals surface area contributed by atoms with E-state index in [0.717, 1.165) is 16.1 Å². The molecule has 0 aliphatic rings. The van der Waals surface area contributed by atoms with Crippen molar-refractivity contribution >= 4 is 27.3 Å². The lowest BCUT2D eigenvalue weighted by molar-refractivity contribution is 0.888. The van der Waals surface area contributed by atoms with Crippen LogP contribution in [0.3, 0.4) is 0 Å². The van der Waals surface area contributed by atoms with Crippen molar-refractivity contribution in [3.05, 3.63) is 65.0 Å². The van der Waals surface area contributed by atoms with Gasteiger partial charge in [-0.3, -0.25) is 0 Å². The molecular weight excluding hydrogens is 266 g/mol. The fourth-order valence-electron chi connectivity index (χ4n) is 2.03. The van der Waals surface area contributed by atoms with Crippen LogP contribution in [-0.2, 0) is 7.05 Å². The van der Waals surface area contributed by atoms with E-state index >= 15 is 0 Å². The first kappa shape index (κ1) is 12.8. The van der Waals surface area contributed by atoms with E-state index in [1.165, 1.54) is 10.2 Å². The Bertz CT molecular complexity index is 826. The van der Waals surface area contributed by atoms with E-state index in [1.54, 1.807) is 11.3 Å². The normalized spacial score (nSPS) is 13.1. The maximum absolute atomic E-state index is 4.39. The van der Waals surface area contributed by atoms with Crippen molar-refractivity contribution in [1.82, 2.24) is 4.57 Å². The molecule has 2 aromatic carbocycles. The highest BCUT2D eigenvalue weighted by molar-refractivity contribution is 7.16. The van der Waals surface area contributed by atoms with E-state index in [4.69, 9.17) is 0 Å². The lowest BCUT2D eigenvalue weighted by Gasteiger charge is -1.96. The van der Waals surface area contributed by atoms with Gasteiger partial charge in [0.2, 0.25) is 4.80 Å². The van der Waals surface area contributed by atoms with Crippen LogP contribution in [0.2, 0.25) is 0 Å². The van der Waals surface area contributed by atoms with Crippen LogP contribution in [0, 0.1) is 0 Å². The van der Waals surface area contributed by atoms with Crippen molar-refractivity contribution in [2.24, 2.45) is 17.3 Å². The number of aromatic nitrogens is 1. The van der Waals surface area contributed by atoms with Crippen LogP contribution in [-0.4, -0.2) is 10.3 Å². The van der Waals surface area contributed by atoms with Gasteiger partial charge in [-0.1, -0.05) is 53.8 Å². The molecule has 4 heteroatoms. The second-order valence-electron chi connectivity index (χ2n) is 4.56. The van der Waals surface area contributed by atoms with Gasteiger partial charge in [-0.15, -0.1) is 5.10 Å². The van der Waals surface area contributed by atoms with Crippen molar-refractivity contribution in [2.75, 3.05) is 0 Å². The van der Waals surface area contributed by atoms with Crippen molar-refractivity contribution < 1.29 is 0 Å². The summed E-state index contributed by atoms with van der Waals surface area (Å²) in [7, 11) is 2.02. The monoisotopic (exact) mass is 281 g/mol. The third-order valence-electron chi connectivity index (χ3n) is 3.19. The van der Waals surface area contributed by atoms with Gasteiger partial charge in [-0.2, -0.15) is 5.10 Å². The van der Waals surface area contributed by atoms with Gasteiger partial charge in [0.15, 0.2) is 0 Å². The van der Waals surface area contributed by atoms with Crippen molar-refractivity contribution in [3.63, 3.8) is 0 Å². The number of hydrogen-bond donors (Lipinski definition) is 0. The lowest BCUT2D eigenvalue weighted by atomic mass is 10.1. The SMILES string of the molecule is C/C(=N/N=c1\sc2ccccc2n1C)c1ccccc1. The Morgan fingerprint density at radius 1 is 1.00 bits per heavy atom. The fourth-order valence-corrected chi connectivity index (χ4v) is 3.00. The van der Waals surface area contributed by atoms with E-state index in [2.05, 4.69) is 26.9 Å². The Kier molecular flexibility index (Phi) is 3.48. The molecule has 100 valence electrons. The van der Waals surface area contributed by atoms with Crippen LogP contribution in [0.15, 0.2) is 64.8 Å². The van der Waals surface area contributed by atoms with Gasteiger partial charge in [0.05, 0.1) is 15.9 Å². The molecule has 0 spiro atoms. The Morgan fingerprint density at radius 3 is 2.45 bits per heavy atom. The molecule has 1 heterocycles. The molecule has 3 rings (SSSR count). The summed E-state index contributed by atoms with van der Waals surface area (Å²) in [4.78, 5) is 0.904. The summed E-state index contributed by atoms with van der Waals surface area (Å²) in [6.45, 7) is 1.98. The minimum absolute atomic E-state index is 0.904. The number of benzene rings is 2. The molecule has 0 bridgehead atoms. The molecule has 0 unspecified atom stereocenters. The number of aryl methyl sites for hydroxylation is 1. The van der Waals surface area contributed by atoms with Crippen LogP contribution in [0.25, 0.3) is 10.2 Å². The van der Waals surface area contributed by atoms with Crippen LogP contribution in [0.4, 0.5) is 0 Å². The zero-order chi connectivity index (χ0) is 13.9. The minimum Gasteiger partial charge on any atom is -0.318 e. The Morgan fingerprint density at radius 2 is 1.70 bits per heavy atom. The van der Waals surface area contributed by atoms with Crippen molar-refractivity contribution in [2.45, 2.75) is 6.92 Å². The van der Waals surface area contributed by atoms with Gasteiger partial charge in [-0.25, -0.2) is 0 Å². The van der Waals surface area contributed by atoms with Gasteiger partial charge >= 0.3 is 0 Å². The molecule has 0 atom stereocenters. The van der Waals surface area contributed by atoms with E-state index < -0.39 is 0 Å². The molecule has 0 aliphatic carbocycles.